The largest absolute Gasteiger partial charge is 0.477 e. The van der Waals surface area contributed by atoms with Crippen molar-refractivity contribution < 1.29 is 14.3 Å². The van der Waals surface area contributed by atoms with Gasteiger partial charge < -0.3 is 10.8 Å². The molecule has 6 nitrogen and oxygen atoms in total. The zero-order chi connectivity index (χ0) is 19.6. The van der Waals surface area contributed by atoms with Crippen molar-refractivity contribution in [2.45, 2.75) is 13.1 Å². The molecule has 0 aliphatic carbocycles. The lowest BCUT2D eigenvalue weighted by Gasteiger charge is -2.11. The van der Waals surface area contributed by atoms with Crippen molar-refractivity contribution >= 4 is 17.6 Å². The number of hydrogen-bond acceptors (Lipinski definition) is 4. The second-order valence-corrected chi connectivity index (χ2v) is 6.28. The fourth-order valence-corrected chi connectivity index (χ4v) is 2.72. The quantitative estimate of drug-likeness (QED) is 0.701. The lowest BCUT2D eigenvalue weighted by molar-refractivity contribution is 0.0693. The Kier molecular flexibility index (Phi) is 5.34. The molecule has 0 aliphatic heterocycles. The summed E-state index contributed by atoms with van der Waals surface area (Å²) in [6.45, 7) is 0.0466. The highest BCUT2D eigenvalue weighted by molar-refractivity contribution is 6.30. The molecule has 1 aromatic heterocycles. The molecule has 2 aromatic carbocycles. The zero-order valence-electron chi connectivity index (χ0n) is 14.0. The monoisotopic (exact) mass is 387 g/mol. The Labute approximate surface area is 158 Å². The number of nitrogens with two attached hydrogens (primary N) is 1. The van der Waals surface area contributed by atoms with Crippen LogP contribution in [0.4, 0.5) is 4.39 Å². The van der Waals surface area contributed by atoms with Gasteiger partial charge in [-0.3, -0.25) is 4.79 Å². The van der Waals surface area contributed by atoms with Gasteiger partial charge in [-0.25, -0.2) is 13.9 Å². The third-order valence-corrected chi connectivity index (χ3v) is 4.26. The first kappa shape index (κ1) is 18.8. The van der Waals surface area contributed by atoms with Crippen LogP contribution in [0.5, 0.6) is 0 Å². The van der Waals surface area contributed by atoms with Gasteiger partial charge in [0.1, 0.15) is 11.4 Å². The normalized spacial score (nSPS) is 10.8. The molecule has 3 rings (SSSR count). The highest BCUT2D eigenvalue weighted by atomic mass is 35.5. The van der Waals surface area contributed by atoms with Crippen molar-refractivity contribution in [1.82, 2.24) is 9.78 Å². The highest BCUT2D eigenvalue weighted by Crippen LogP contribution is 2.20. The van der Waals surface area contributed by atoms with Crippen LogP contribution in [0.3, 0.4) is 0 Å². The Morgan fingerprint density at radius 2 is 1.89 bits per heavy atom. The third-order valence-electron chi connectivity index (χ3n) is 4.01. The van der Waals surface area contributed by atoms with Gasteiger partial charge in [0, 0.05) is 22.7 Å². The summed E-state index contributed by atoms with van der Waals surface area (Å²) in [7, 11) is 0. The van der Waals surface area contributed by atoms with Gasteiger partial charge in [0.2, 0.25) is 0 Å². The number of carboxylic acids is 1. The fraction of sp³-hybridized carbons (Fsp3) is 0.105. The molecule has 0 bridgehead atoms. The summed E-state index contributed by atoms with van der Waals surface area (Å²) in [4.78, 5) is 23.9. The van der Waals surface area contributed by atoms with E-state index in [1.165, 1.54) is 24.3 Å². The average molecular weight is 388 g/mol. The maximum Gasteiger partial charge on any atom is 0.341 e. The molecular formula is C19H15ClFN3O3. The summed E-state index contributed by atoms with van der Waals surface area (Å²) < 4.78 is 14.8. The second kappa shape index (κ2) is 7.69. The minimum absolute atomic E-state index is 0.0180. The van der Waals surface area contributed by atoms with Crippen LogP contribution in [0.25, 0.3) is 11.3 Å². The first-order valence-electron chi connectivity index (χ1n) is 7.98. The van der Waals surface area contributed by atoms with E-state index in [4.69, 9.17) is 17.3 Å². The van der Waals surface area contributed by atoms with Crippen molar-refractivity contribution in [3.63, 3.8) is 0 Å². The minimum atomic E-state index is -1.37. The summed E-state index contributed by atoms with van der Waals surface area (Å²) in [5.41, 5.74) is 6.05. The maximum atomic E-state index is 13.7. The predicted molar refractivity (Wildman–Crippen MR) is 99.3 cm³/mol. The van der Waals surface area contributed by atoms with E-state index in [0.717, 1.165) is 10.2 Å². The predicted octanol–water partition coefficient (Wildman–Crippen LogP) is 2.91. The van der Waals surface area contributed by atoms with E-state index in [9.17, 15) is 19.1 Å². The zero-order valence-corrected chi connectivity index (χ0v) is 14.8. The molecule has 8 heteroatoms. The Morgan fingerprint density at radius 3 is 2.52 bits per heavy atom. The summed E-state index contributed by atoms with van der Waals surface area (Å²) in [6, 6.07) is 12.1. The van der Waals surface area contributed by atoms with Crippen molar-refractivity contribution in [2.75, 3.05) is 0 Å². The van der Waals surface area contributed by atoms with Gasteiger partial charge in [0.25, 0.3) is 5.56 Å². The van der Waals surface area contributed by atoms with Crippen LogP contribution in [0.2, 0.25) is 5.02 Å². The van der Waals surface area contributed by atoms with Gasteiger partial charge in [0.15, 0.2) is 0 Å². The topological polar surface area (TPSA) is 98.2 Å². The van der Waals surface area contributed by atoms with E-state index in [2.05, 4.69) is 5.10 Å². The van der Waals surface area contributed by atoms with E-state index in [1.54, 1.807) is 24.3 Å². The van der Waals surface area contributed by atoms with Crippen molar-refractivity contribution in [3.8, 4) is 11.3 Å². The molecule has 0 radical (unpaired) electrons. The van der Waals surface area contributed by atoms with Crippen LogP contribution in [-0.4, -0.2) is 20.9 Å². The second-order valence-electron chi connectivity index (χ2n) is 5.85. The fourth-order valence-electron chi connectivity index (χ4n) is 2.60. The van der Waals surface area contributed by atoms with E-state index >= 15 is 0 Å². The number of carboxylic acid groups (broad SMARTS) is 1. The highest BCUT2D eigenvalue weighted by Gasteiger charge is 2.16. The van der Waals surface area contributed by atoms with Gasteiger partial charge in [-0.05, 0) is 42.0 Å². The van der Waals surface area contributed by atoms with Gasteiger partial charge in [-0.1, -0.05) is 23.7 Å². The van der Waals surface area contributed by atoms with Gasteiger partial charge >= 0.3 is 5.97 Å². The summed E-state index contributed by atoms with van der Waals surface area (Å²) in [5.74, 6) is -1.83. The smallest absolute Gasteiger partial charge is 0.341 e. The molecule has 27 heavy (non-hydrogen) atoms. The molecule has 1 heterocycles. The van der Waals surface area contributed by atoms with E-state index in [1.807, 2.05) is 0 Å². The van der Waals surface area contributed by atoms with Crippen molar-refractivity contribution in [1.29, 1.82) is 0 Å². The lowest BCUT2D eigenvalue weighted by atomic mass is 10.1. The van der Waals surface area contributed by atoms with Crippen LogP contribution in [0.15, 0.2) is 53.3 Å². The number of halogens is 2. The molecule has 0 atom stereocenters. The van der Waals surface area contributed by atoms with E-state index in [0.29, 0.717) is 10.6 Å². The molecule has 0 aliphatic rings. The van der Waals surface area contributed by atoms with Gasteiger partial charge in [-0.2, -0.15) is 5.10 Å². The van der Waals surface area contributed by atoms with E-state index in [-0.39, 0.29) is 24.3 Å². The Bertz CT molecular complexity index is 1060. The molecule has 3 N–H and O–H groups in total. The lowest BCUT2D eigenvalue weighted by Crippen LogP contribution is -2.29. The molecule has 0 saturated carbocycles. The number of hydrogen-bond donors (Lipinski definition) is 2. The van der Waals surface area contributed by atoms with Crippen molar-refractivity contribution in [2.24, 2.45) is 5.73 Å². The number of aromatic carboxylic acids is 1. The number of rotatable bonds is 5. The number of nitrogens with zero attached hydrogens (tertiary/aromatic N) is 2. The first-order valence-corrected chi connectivity index (χ1v) is 8.35. The molecule has 0 saturated heterocycles. The summed E-state index contributed by atoms with van der Waals surface area (Å²) in [6.07, 6.45) is 0. The summed E-state index contributed by atoms with van der Waals surface area (Å²) in [5, 5.41) is 14.2. The molecule has 3 aromatic rings. The van der Waals surface area contributed by atoms with Gasteiger partial charge in [0.05, 0.1) is 12.2 Å². The Morgan fingerprint density at radius 1 is 1.19 bits per heavy atom. The number of carbonyl (C=O) groups is 1. The number of aromatic nitrogens is 2. The molecule has 0 fully saturated rings. The molecule has 0 spiro atoms. The molecule has 0 unspecified atom stereocenters. The van der Waals surface area contributed by atoms with Crippen LogP contribution >= 0.6 is 11.6 Å². The molecular weight excluding hydrogens is 373 g/mol. The Hall–Kier alpha value is -3.03. The van der Waals surface area contributed by atoms with Gasteiger partial charge in [-0.15, -0.1) is 0 Å². The van der Waals surface area contributed by atoms with Crippen molar-refractivity contribution in [3.05, 3.63) is 86.4 Å². The van der Waals surface area contributed by atoms with Crippen LogP contribution < -0.4 is 11.3 Å². The molecule has 138 valence electrons. The average Bonchev–Trinajstić information content (AvgIpc) is 2.65. The minimum Gasteiger partial charge on any atom is -0.477 e. The van der Waals surface area contributed by atoms with E-state index < -0.39 is 22.9 Å². The van der Waals surface area contributed by atoms with Crippen LogP contribution in [-0.2, 0) is 13.1 Å². The summed E-state index contributed by atoms with van der Waals surface area (Å²) >= 11 is 5.86. The standard InChI is InChI=1S/C19H15ClFN3O3/c20-14-4-1-11(2-5-14)10-24-18(25)15(19(26)27)8-17(23-24)12-3-6-16(21)13(7-12)9-22/h1-8H,9-10,22H2,(H,26,27). The first-order chi connectivity index (χ1) is 12.9. The maximum absolute atomic E-state index is 13.7. The Balaban J connectivity index is 2.12. The molecule has 0 amide bonds. The third kappa shape index (κ3) is 4.05. The van der Waals surface area contributed by atoms with Crippen LogP contribution in [0.1, 0.15) is 21.5 Å². The number of benzene rings is 2. The van der Waals surface area contributed by atoms with Crippen LogP contribution in [0, 0.1) is 5.82 Å². The SMILES string of the molecule is NCc1cc(-c2cc(C(=O)O)c(=O)n(Cc3ccc(Cl)cc3)n2)ccc1F.